The van der Waals surface area contributed by atoms with Crippen molar-refractivity contribution in [2.24, 2.45) is 0 Å². The van der Waals surface area contributed by atoms with Gasteiger partial charge in [-0.15, -0.1) is 0 Å². The molecule has 0 unspecified atom stereocenters. The van der Waals surface area contributed by atoms with Gasteiger partial charge in [0.25, 0.3) is 5.91 Å². The van der Waals surface area contributed by atoms with Crippen molar-refractivity contribution in [1.29, 1.82) is 0 Å². The molecule has 2 amide bonds. The highest BCUT2D eigenvalue weighted by Gasteiger charge is 2.40. The monoisotopic (exact) mass is 329 g/mol. The third-order valence-electron chi connectivity index (χ3n) is 3.71. The number of nitrogens with zero attached hydrogens (tertiary/aromatic N) is 2. The lowest BCUT2D eigenvalue weighted by molar-refractivity contribution is -0.121. The zero-order chi connectivity index (χ0) is 16.4. The zero-order valence-corrected chi connectivity index (χ0v) is 13.3. The van der Waals surface area contributed by atoms with Gasteiger partial charge in [0.1, 0.15) is 6.04 Å². The molecule has 1 aliphatic heterocycles. The third kappa shape index (κ3) is 3.21. The Morgan fingerprint density at radius 3 is 2.57 bits per heavy atom. The summed E-state index contributed by atoms with van der Waals surface area (Å²) in [6.45, 7) is 0. The van der Waals surface area contributed by atoms with Crippen LogP contribution < -0.4 is 15.3 Å². The van der Waals surface area contributed by atoms with Crippen LogP contribution in [0.5, 0.6) is 0 Å². The first-order valence-electron chi connectivity index (χ1n) is 7.23. The molecular weight excluding hydrogens is 314 g/mol. The predicted octanol–water partition coefficient (Wildman–Crippen LogP) is 2.61. The second-order valence-corrected chi connectivity index (χ2v) is 5.76. The predicted molar refractivity (Wildman–Crippen MR) is 90.3 cm³/mol. The van der Waals surface area contributed by atoms with E-state index in [2.05, 4.69) is 5.43 Å². The van der Waals surface area contributed by atoms with Crippen LogP contribution in [0.25, 0.3) is 0 Å². The number of imide groups is 1. The lowest BCUT2D eigenvalue weighted by atomic mass is 10.2. The topological polar surface area (TPSA) is 52.7 Å². The van der Waals surface area contributed by atoms with E-state index in [4.69, 9.17) is 11.6 Å². The molecule has 23 heavy (non-hydrogen) atoms. The summed E-state index contributed by atoms with van der Waals surface area (Å²) in [5.74, 6) is -0.517. The fraction of sp³-hybridized carbons (Fsp3) is 0.176. The van der Waals surface area contributed by atoms with Crippen molar-refractivity contribution in [3.05, 3.63) is 59.6 Å². The summed E-state index contributed by atoms with van der Waals surface area (Å²) in [4.78, 5) is 26.0. The first kappa shape index (κ1) is 15.5. The van der Waals surface area contributed by atoms with Crippen LogP contribution in [0.1, 0.15) is 6.42 Å². The zero-order valence-electron chi connectivity index (χ0n) is 12.6. The highest BCUT2D eigenvalue weighted by molar-refractivity contribution is 6.31. The molecule has 1 atom stereocenters. The SMILES string of the molecule is CN(N[C@H]1CC(=O)N(c2cccc(Cl)c2)C1=O)c1ccccc1. The Kier molecular flexibility index (Phi) is 4.32. The van der Waals surface area contributed by atoms with Crippen molar-refractivity contribution in [3.8, 4) is 0 Å². The molecule has 2 aromatic carbocycles. The smallest absolute Gasteiger partial charge is 0.253 e. The van der Waals surface area contributed by atoms with Gasteiger partial charge in [0.2, 0.25) is 5.91 Å². The van der Waals surface area contributed by atoms with Gasteiger partial charge in [0.05, 0.1) is 17.8 Å². The molecule has 1 heterocycles. The van der Waals surface area contributed by atoms with Crippen molar-refractivity contribution in [2.45, 2.75) is 12.5 Å². The van der Waals surface area contributed by atoms with Gasteiger partial charge in [0.15, 0.2) is 0 Å². The van der Waals surface area contributed by atoms with Gasteiger partial charge < -0.3 is 5.01 Å². The molecule has 0 aromatic heterocycles. The number of carbonyl (C=O) groups excluding carboxylic acids is 2. The van der Waals surface area contributed by atoms with E-state index in [1.807, 2.05) is 37.4 Å². The molecule has 1 fully saturated rings. The number of rotatable bonds is 4. The summed E-state index contributed by atoms with van der Waals surface area (Å²) in [5.41, 5.74) is 4.49. The van der Waals surface area contributed by atoms with Gasteiger partial charge in [-0.2, -0.15) is 0 Å². The van der Waals surface area contributed by atoms with Gasteiger partial charge in [-0.25, -0.2) is 10.3 Å². The van der Waals surface area contributed by atoms with Gasteiger partial charge in [0, 0.05) is 12.1 Å². The Bertz CT molecular complexity index is 736. The number of hydrazine groups is 1. The van der Waals surface area contributed by atoms with Crippen LogP contribution in [0.15, 0.2) is 54.6 Å². The maximum Gasteiger partial charge on any atom is 0.253 e. The Morgan fingerprint density at radius 1 is 1.13 bits per heavy atom. The number of anilines is 2. The van der Waals surface area contributed by atoms with Gasteiger partial charge >= 0.3 is 0 Å². The first-order chi connectivity index (χ1) is 11.1. The van der Waals surface area contributed by atoms with E-state index in [0.29, 0.717) is 10.7 Å². The van der Waals surface area contributed by atoms with Gasteiger partial charge in [-0.05, 0) is 30.3 Å². The quantitative estimate of drug-likeness (QED) is 0.692. The molecule has 0 spiro atoms. The molecule has 1 aliphatic rings. The standard InChI is InChI=1S/C17H16ClN3O2/c1-20(13-7-3-2-4-8-13)19-15-11-16(22)21(17(15)23)14-9-5-6-12(18)10-14/h2-10,15,19H,11H2,1H3/t15-/m0/s1. The van der Waals surface area contributed by atoms with Crippen LogP contribution in [-0.4, -0.2) is 24.9 Å². The first-order valence-corrected chi connectivity index (χ1v) is 7.61. The van der Waals surface area contributed by atoms with Crippen LogP contribution in [0.2, 0.25) is 5.02 Å². The molecule has 0 bridgehead atoms. The fourth-order valence-electron chi connectivity index (χ4n) is 2.58. The maximum atomic E-state index is 12.6. The number of carbonyl (C=O) groups is 2. The summed E-state index contributed by atoms with van der Waals surface area (Å²) in [6, 6.07) is 15.7. The van der Waals surface area contributed by atoms with E-state index in [9.17, 15) is 9.59 Å². The largest absolute Gasteiger partial charge is 0.311 e. The van der Waals surface area contributed by atoms with Crippen LogP contribution in [0.4, 0.5) is 11.4 Å². The molecule has 0 aliphatic carbocycles. The minimum atomic E-state index is -0.591. The number of nitrogens with one attached hydrogen (secondary N) is 1. The lowest BCUT2D eigenvalue weighted by Crippen LogP contribution is -2.47. The van der Waals surface area contributed by atoms with Gasteiger partial charge in [-0.3, -0.25) is 9.59 Å². The van der Waals surface area contributed by atoms with Crippen molar-refractivity contribution in [3.63, 3.8) is 0 Å². The minimum Gasteiger partial charge on any atom is -0.311 e. The highest BCUT2D eigenvalue weighted by Crippen LogP contribution is 2.25. The summed E-state index contributed by atoms with van der Waals surface area (Å²) >= 11 is 5.95. The molecule has 118 valence electrons. The Morgan fingerprint density at radius 2 is 1.87 bits per heavy atom. The van der Waals surface area contributed by atoms with Gasteiger partial charge in [-0.1, -0.05) is 35.9 Å². The third-order valence-corrected chi connectivity index (χ3v) is 3.94. The number of amides is 2. The van der Waals surface area contributed by atoms with E-state index in [0.717, 1.165) is 5.69 Å². The van der Waals surface area contributed by atoms with Crippen molar-refractivity contribution in [2.75, 3.05) is 17.0 Å². The number of para-hydroxylation sites is 1. The average molecular weight is 330 g/mol. The molecule has 1 N–H and O–H groups in total. The molecule has 0 saturated carbocycles. The average Bonchev–Trinajstić information content (AvgIpc) is 2.82. The summed E-state index contributed by atoms with van der Waals surface area (Å²) in [7, 11) is 1.81. The lowest BCUT2D eigenvalue weighted by Gasteiger charge is -2.24. The summed E-state index contributed by atoms with van der Waals surface area (Å²) in [5, 5.41) is 2.23. The second kappa shape index (κ2) is 6.40. The molecule has 6 heteroatoms. The van der Waals surface area contributed by atoms with Crippen molar-refractivity contribution < 1.29 is 9.59 Å². The van der Waals surface area contributed by atoms with E-state index in [1.165, 1.54) is 4.90 Å². The number of benzene rings is 2. The number of hydrogen-bond acceptors (Lipinski definition) is 4. The molecule has 5 nitrogen and oxygen atoms in total. The molecular formula is C17H16ClN3O2. The Balaban J connectivity index is 1.76. The van der Waals surface area contributed by atoms with Crippen LogP contribution in [0.3, 0.4) is 0 Å². The van der Waals surface area contributed by atoms with Crippen molar-refractivity contribution >= 4 is 34.8 Å². The van der Waals surface area contributed by atoms with Crippen LogP contribution in [0, 0.1) is 0 Å². The Labute approximate surface area is 139 Å². The van der Waals surface area contributed by atoms with Crippen molar-refractivity contribution in [1.82, 2.24) is 5.43 Å². The van der Waals surface area contributed by atoms with Crippen LogP contribution >= 0.6 is 11.6 Å². The molecule has 2 aromatic rings. The van der Waals surface area contributed by atoms with Crippen LogP contribution in [-0.2, 0) is 9.59 Å². The van der Waals surface area contributed by atoms with E-state index in [-0.39, 0.29) is 18.2 Å². The minimum absolute atomic E-state index is 0.114. The number of halogens is 1. The molecule has 1 saturated heterocycles. The fourth-order valence-corrected chi connectivity index (χ4v) is 2.76. The molecule has 3 rings (SSSR count). The second-order valence-electron chi connectivity index (χ2n) is 5.33. The summed E-state index contributed by atoms with van der Waals surface area (Å²) < 4.78 is 0. The van der Waals surface area contributed by atoms with E-state index in [1.54, 1.807) is 29.3 Å². The van der Waals surface area contributed by atoms with E-state index >= 15 is 0 Å². The maximum absolute atomic E-state index is 12.6. The normalized spacial score (nSPS) is 17.7. The Hall–Kier alpha value is -2.37. The highest BCUT2D eigenvalue weighted by atomic mass is 35.5. The number of hydrogen-bond donors (Lipinski definition) is 1. The summed E-state index contributed by atoms with van der Waals surface area (Å²) in [6.07, 6.45) is 0.114. The van der Waals surface area contributed by atoms with E-state index < -0.39 is 6.04 Å². The molecule has 0 radical (unpaired) electrons.